The summed E-state index contributed by atoms with van der Waals surface area (Å²) in [6, 6.07) is 11.2. The molecule has 0 amide bonds. The molecule has 0 saturated heterocycles. The third-order valence-electron chi connectivity index (χ3n) is 3.78. The second-order valence-electron chi connectivity index (χ2n) is 5.52. The van der Waals surface area contributed by atoms with Crippen LogP contribution in [0.2, 0.25) is 0 Å². The van der Waals surface area contributed by atoms with Crippen molar-refractivity contribution in [3.63, 3.8) is 0 Å². The third-order valence-corrected chi connectivity index (χ3v) is 4.25. The molecule has 112 valence electrons. The maximum atomic E-state index is 4.50. The SMILES string of the molecule is CCCNC(Cc1ccc(Br)cn1)c1ccc(C)c(C)c1. The minimum absolute atomic E-state index is 0.318. The Hall–Kier alpha value is -1.19. The fraction of sp³-hybridized carbons (Fsp3) is 0.389. The molecular formula is C18H23BrN2. The summed E-state index contributed by atoms with van der Waals surface area (Å²) in [5.41, 5.74) is 5.15. The zero-order valence-electron chi connectivity index (χ0n) is 13.0. The lowest BCUT2D eigenvalue weighted by molar-refractivity contribution is 0.524. The number of nitrogens with one attached hydrogen (secondary N) is 1. The van der Waals surface area contributed by atoms with E-state index in [1.807, 2.05) is 6.20 Å². The number of halogens is 1. The second kappa shape index (κ2) is 7.71. The Morgan fingerprint density at radius 3 is 2.57 bits per heavy atom. The van der Waals surface area contributed by atoms with Crippen LogP contribution in [0.5, 0.6) is 0 Å². The summed E-state index contributed by atoms with van der Waals surface area (Å²) in [5.74, 6) is 0. The normalized spacial score (nSPS) is 12.4. The van der Waals surface area contributed by atoms with Gasteiger partial charge in [0.15, 0.2) is 0 Å². The number of rotatable bonds is 6. The first kappa shape index (κ1) is 16.2. The molecule has 1 unspecified atom stereocenters. The van der Waals surface area contributed by atoms with Gasteiger partial charge in [0.05, 0.1) is 0 Å². The van der Waals surface area contributed by atoms with Gasteiger partial charge in [-0.2, -0.15) is 0 Å². The van der Waals surface area contributed by atoms with E-state index in [-0.39, 0.29) is 0 Å². The summed E-state index contributed by atoms with van der Waals surface area (Å²) in [6.45, 7) is 7.55. The Labute approximate surface area is 136 Å². The number of hydrogen-bond acceptors (Lipinski definition) is 2. The Kier molecular flexibility index (Phi) is 5.95. The molecule has 0 aliphatic rings. The average Bonchev–Trinajstić information content (AvgIpc) is 2.48. The van der Waals surface area contributed by atoms with Crippen LogP contribution in [-0.2, 0) is 6.42 Å². The fourth-order valence-electron chi connectivity index (χ4n) is 2.34. The van der Waals surface area contributed by atoms with Crippen molar-refractivity contribution in [2.24, 2.45) is 0 Å². The average molecular weight is 347 g/mol. The Morgan fingerprint density at radius 1 is 1.14 bits per heavy atom. The first-order chi connectivity index (χ1) is 10.1. The van der Waals surface area contributed by atoms with Gasteiger partial charge in [-0.3, -0.25) is 4.98 Å². The Bertz CT molecular complexity index is 578. The summed E-state index contributed by atoms with van der Waals surface area (Å²) < 4.78 is 1.02. The number of benzene rings is 1. The molecule has 0 spiro atoms. The second-order valence-corrected chi connectivity index (χ2v) is 6.44. The molecular weight excluding hydrogens is 324 g/mol. The van der Waals surface area contributed by atoms with E-state index in [1.54, 1.807) is 0 Å². The van der Waals surface area contributed by atoms with Gasteiger partial charge in [0.1, 0.15) is 0 Å². The van der Waals surface area contributed by atoms with Crippen LogP contribution in [-0.4, -0.2) is 11.5 Å². The predicted molar refractivity (Wildman–Crippen MR) is 92.6 cm³/mol. The van der Waals surface area contributed by atoms with Crippen molar-refractivity contribution in [3.8, 4) is 0 Å². The highest BCUT2D eigenvalue weighted by Gasteiger charge is 2.13. The number of hydrogen-bond donors (Lipinski definition) is 1. The van der Waals surface area contributed by atoms with Crippen LogP contribution in [0.25, 0.3) is 0 Å². The van der Waals surface area contributed by atoms with Gasteiger partial charge in [0.2, 0.25) is 0 Å². The topological polar surface area (TPSA) is 24.9 Å². The molecule has 2 aromatic rings. The lowest BCUT2D eigenvalue weighted by Gasteiger charge is -2.20. The number of nitrogens with zero attached hydrogens (tertiary/aromatic N) is 1. The summed E-state index contributed by atoms with van der Waals surface area (Å²) in [6.07, 6.45) is 3.91. The van der Waals surface area contributed by atoms with E-state index in [1.165, 1.54) is 16.7 Å². The zero-order chi connectivity index (χ0) is 15.2. The molecule has 21 heavy (non-hydrogen) atoms. The van der Waals surface area contributed by atoms with Gasteiger partial charge in [-0.25, -0.2) is 0 Å². The van der Waals surface area contributed by atoms with Crippen LogP contribution in [0, 0.1) is 13.8 Å². The number of aromatic nitrogens is 1. The molecule has 1 N–H and O–H groups in total. The lowest BCUT2D eigenvalue weighted by atomic mass is 9.97. The van der Waals surface area contributed by atoms with Crippen LogP contribution < -0.4 is 5.32 Å². The minimum Gasteiger partial charge on any atom is -0.310 e. The van der Waals surface area contributed by atoms with Gasteiger partial charge in [0, 0.05) is 28.8 Å². The number of pyridine rings is 1. The highest BCUT2D eigenvalue weighted by Crippen LogP contribution is 2.21. The standard InChI is InChI=1S/C18H23BrN2/c1-4-9-20-18(11-17-8-7-16(19)12-21-17)15-6-5-13(2)14(3)10-15/h5-8,10,12,18,20H,4,9,11H2,1-3H3. The molecule has 0 radical (unpaired) electrons. The maximum absolute atomic E-state index is 4.50. The van der Waals surface area contributed by atoms with E-state index in [2.05, 4.69) is 77.3 Å². The van der Waals surface area contributed by atoms with E-state index in [9.17, 15) is 0 Å². The van der Waals surface area contributed by atoms with E-state index < -0.39 is 0 Å². The van der Waals surface area contributed by atoms with E-state index in [4.69, 9.17) is 0 Å². The summed E-state index contributed by atoms with van der Waals surface area (Å²) in [7, 11) is 0. The van der Waals surface area contributed by atoms with Crippen LogP contribution >= 0.6 is 15.9 Å². The molecule has 0 aliphatic heterocycles. The lowest BCUT2D eigenvalue weighted by Crippen LogP contribution is -2.24. The Morgan fingerprint density at radius 2 is 1.95 bits per heavy atom. The third kappa shape index (κ3) is 4.65. The molecule has 0 bridgehead atoms. The first-order valence-corrected chi connectivity index (χ1v) is 8.30. The van der Waals surface area contributed by atoms with Crippen LogP contribution in [0.3, 0.4) is 0 Å². The minimum atomic E-state index is 0.318. The molecule has 1 aromatic heterocycles. The maximum Gasteiger partial charge on any atom is 0.0423 e. The van der Waals surface area contributed by atoms with Crippen LogP contribution in [0.1, 0.15) is 41.8 Å². The molecule has 1 atom stereocenters. The van der Waals surface area contributed by atoms with Crippen molar-refractivity contribution in [3.05, 3.63) is 63.4 Å². The highest BCUT2D eigenvalue weighted by molar-refractivity contribution is 9.10. The van der Waals surface area contributed by atoms with Crippen LogP contribution in [0.4, 0.5) is 0 Å². The summed E-state index contributed by atoms with van der Waals surface area (Å²) in [5, 5.41) is 3.64. The van der Waals surface area contributed by atoms with Gasteiger partial charge < -0.3 is 5.32 Å². The van der Waals surface area contributed by atoms with Gasteiger partial charge in [0.25, 0.3) is 0 Å². The molecule has 1 heterocycles. The van der Waals surface area contributed by atoms with E-state index >= 15 is 0 Å². The molecule has 0 saturated carbocycles. The monoisotopic (exact) mass is 346 g/mol. The van der Waals surface area contributed by atoms with Crippen molar-refractivity contribution in [1.82, 2.24) is 10.3 Å². The molecule has 1 aromatic carbocycles. The molecule has 3 heteroatoms. The van der Waals surface area contributed by atoms with Gasteiger partial charge in [-0.15, -0.1) is 0 Å². The molecule has 2 nitrogen and oxygen atoms in total. The van der Waals surface area contributed by atoms with Gasteiger partial charge in [-0.1, -0.05) is 25.1 Å². The van der Waals surface area contributed by atoms with E-state index in [0.29, 0.717) is 6.04 Å². The molecule has 2 rings (SSSR count). The highest BCUT2D eigenvalue weighted by atomic mass is 79.9. The first-order valence-electron chi connectivity index (χ1n) is 7.51. The van der Waals surface area contributed by atoms with Crippen molar-refractivity contribution in [2.75, 3.05) is 6.54 Å². The Balaban J connectivity index is 2.20. The van der Waals surface area contributed by atoms with Crippen LogP contribution in [0.15, 0.2) is 41.0 Å². The largest absolute Gasteiger partial charge is 0.310 e. The number of aryl methyl sites for hydroxylation is 2. The smallest absolute Gasteiger partial charge is 0.0423 e. The van der Waals surface area contributed by atoms with Crippen molar-refractivity contribution < 1.29 is 0 Å². The molecule has 0 aliphatic carbocycles. The quantitative estimate of drug-likeness (QED) is 0.816. The van der Waals surface area contributed by atoms with E-state index in [0.717, 1.165) is 29.6 Å². The van der Waals surface area contributed by atoms with Crippen molar-refractivity contribution in [2.45, 2.75) is 39.7 Å². The predicted octanol–water partition coefficient (Wildman–Crippen LogP) is 4.74. The molecule has 0 fully saturated rings. The van der Waals surface area contributed by atoms with Crippen molar-refractivity contribution >= 4 is 15.9 Å². The summed E-state index contributed by atoms with van der Waals surface area (Å²) >= 11 is 3.44. The van der Waals surface area contributed by atoms with Crippen molar-refractivity contribution in [1.29, 1.82) is 0 Å². The zero-order valence-corrected chi connectivity index (χ0v) is 14.6. The summed E-state index contributed by atoms with van der Waals surface area (Å²) in [4.78, 5) is 4.50. The van der Waals surface area contributed by atoms with Gasteiger partial charge >= 0.3 is 0 Å². The van der Waals surface area contributed by atoms with Gasteiger partial charge in [-0.05, 0) is 71.6 Å². The fourth-order valence-corrected chi connectivity index (χ4v) is 2.58.